The summed E-state index contributed by atoms with van der Waals surface area (Å²) in [6, 6.07) is 0. The minimum absolute atomic E-state index is 0.0742. The van der Waals surface area contributed by atoms with Gasteiger partial charge in [-0.05, 0) is 12.8 Å². The molecule has 0 spiro atoms. The maximum Gasteiger partial charge on any atom is 0.263 e. The van der Waals surface area contributed by atoms with Crippen molar-refractivity contribution in [3.8, 4) is 0 Å². The predicted molar refractivity (Wildman–Crippen MR) is 64.9 cm³/mol. The van der Waals surface area contributed by atoms with Crippen LogP contribution in [0.1, 0.15) is 23.5 Å². The molecule has 0 aromatic carbocycles. The number of carbonyl (C=O) groups is 1. The molecule has 6 heteroatoms. The zero-order chi connectivity index (χ0) is 12.0. The van der Waals surface area contributed by atoms with Crippen molar-refractivity contribution in [3.05, 3.63) is 11.1 Å². The molecule has 1 unspecified atom stereocenters. The summed E-state index contributed by atoms with van der Waals surface area (Å²) in [7, 11) is 0. The maximum atomic E-state index is 11.6. The van der Waals surface area contributed by atoms with Gasteiger partial charge < -0.3 is 15.7 Å². The Hall–Kier alpha value is -1.14. The van der Waals surface area contributed by atoms with Crippen molar-refractivity contribution in [2.24, 2.45) is 5.92 Å². The third kappa shape index (κ3) is 3.79. The van der Waals surface area contributed by atoms with Crippen LogP contribution in [-0.2, 0) is 0 Å². The Labute approximate surface area is 98.9 Å². The third-order valence-electron chi connectivity index (χ3n) is 1.98. The molecule has 1 heterocycles. The molecule has 5 nitrogen and oxygen atoms in total. The number of thiazole rings is 1. The van der Waals surface area contributed by atoms with E-state index in [9.17, 15) is 4.79 Å². The molecular weight excluding hydrogens is 226 g/mol. The van der Waals surface area contributed by atoms with Crippen LogP contribution in [0.5, 0.6) is 0 Å². The number of aliphatic hydroxyl groups excluding tert-OH is 1. The molecule has 1 amide bonds. The maximum absolute atomic E-state index is 11.6. The average molecular weight is 243 g/mol. The van der Waals surface area contributed by atoms with Crippen molar-refractivity contribution < 1.29 is 9.90 Å². The van der Waals surface area contributed by atoms with E-state index in [1.807, 2.05) is 13.8 Å². The SMILES string of the molecule is CCNc1ncc(C(=O)NCC(C)CO)s1. The second kappa shape index (κ2) is 6.44. The number of rotatable bonds is 6. The highest BCUT2D eigenvalue weighted by atomic mass is 32.1. The Balaban J connectivity index is 2.46. The summed E-state index contributed by atoms with van der Waals surface area (Å²) < 4.78 is 0. The second-order valence-electron chi connectivity index (χ2n) is 3.56. The topological polar surface area (TPSA) is 74.2 Å². The van der Waals surface area contributed by atoms with E-state index in [4.69, 9.17) is 5.11 Å². The number of amides is 1. The van der Waals surface area contributed by atoms with E-state index >= 15 is 0 Å². The van der Waals surface area contributed by atoms with Crippen molar-refractivity contribution in [2.45, 2.75) is 13.8 Å². The van der Waals surface area contributed by atoms with Crippen LogP contribution in [0.2, 0.25) is 0 Å². The first kappa shape index (κ1) is 12.9. The van der Waals surface area contributed by atoms with Gasteiger partial charge in [-0.25, -0.2) is 4.98 Å². The number of hydrogen-bond acceptors (Lipinski definition) is 5. The minimum Gasteiger partial charge on any atom is -0.396 e. The van der Waals surface area contributed by atoms with Gasteiger partial charge in [-0.2, -0.15) is 0 Å². The molecule has 16 heavy (non-hydrogen) atoms. The zero-order valence-electron chi connectivity index (χ0n) is 9.49. The Morgan fingerprint density at radius 3 is 3.06 bits per heavy atom. The quantitative estimate of drug-likeness (QED) is 0.695. The van der Waals surface area contributed by atoms with Crippen LogP contribution in [-0.4, -0.2) is 35.7 Å². The Bertz CT molecular complexity index is 341. The van der Waals surface area contributed by atoms with Gasteiger partial charge in [-0.3, -0.25) is 4.79 Å². The molecule has 0 saturated carbocycles. The van der Waals surface area contributed by atoms with Gasteiger partial charge in [0.05, 0.1) is 6.20 Å². The Morgan fingerprint density at radius 2 is 2.44 bits per heavy atom. The zero-order valence-corrected chi connectivity index (χ0v) is 10.3. The number of anilines is 1. The molecule has 0 aliphatic carbocycles. The molecule has 3 N–H and O–H groups in total. The molecule has 0 fully saturated rings. The van der Waals surface area contributed by atoms with Crippen LogP contribution in [0.25, 0.3) is 0 Å². The summed E-state index contributed by atoms with van der Waals surface area (Å²) in [4.78, 5) is 16.3. The monoisotopic (exact) mass is 243 g/mol. The van der Waals surface area contributed by atoms with Crippen molar-refractivity contribution in [2.75, 3.05) is 25.0 Å². The molecule has 1 rings (SSSR count). The third-order valence-corrected chi connectivity index (χ3v) is 2.93. The van der Waals surface area contributed by atoms with Gasteiger partial charge in [0.25, 0.3) is 5.91 Å². The fraction of sp³-hybridized carbons (Fsp3) is 0.600. The standard InChI is InChI=1S/C10H17N3O2S/c1-3-11-10-13-5-8(16-10)9(15)12-4-7(2)6-14/h5,7,14H,3-4,6H2,1-2H3,(H,11,13)(H,12,15). The lowest BCUT2D eigenvalue weighted by Gasteiger charge is -2.07. The van der Waals surface area contributed by atoms with Gasteiger partial charge in [0.2, 0.25) is 0 Å². The molecule has 1 aromatic rings. The lowest BCUT2D eigenvalue weighted by Crippen LogP contribution is -2.28. The predicted octanol–water partition coefficient (Wildman–Crippen LogP) is 0.933. The van der Waals surface area contributed by atoms with E-state index in [2.05, 4.69) is 15.6 Å². The number of nitrogens with one attached hydrogen (secondary N) is 2. The summed E-state index contributed by atoms with van der Waals surface area (Å²) in [6.07, 6.45) is 1.56. The fourth-order valence-corrected chi connectivity index (χ4v) is 1.83. The van der Waals surface area contributed by atoms with E-state index in [0.29, 0.717) is 11.4 Å². The Morgan fingerprint density at radius 1 is 1.69 bits per heavy atom. The summed E-state index contributed by atoms with van der Waals surface area (Å²) in [5.74, 6) is -0.0629. The smallest absolute Gasteiger partial charge is 0.263 e. The largest absolute Gasteiger partial charge is 0.396 e. The van der Waals surface area contributed by atoms with Crippen LogP contribution in [0.3, 0.4) is 0 Å². The van der Waals surface area contributed by atoms with Gasteiger partial charge in [0, 0.05) is 19.7 Å². The van der Waals surface area contributed by atoms with Crippen LogP contribution in [0.4, 0.5) is 5.13 Å². The molecule has 0 radical (unpaired) electrons. The van der Waals surface area contributed by atoms with Gasteiger partial charge in [0.1, 0.15) is 4.88 Å². The molecule has 1 aromatic heterocycles. The molecule has 0 aliphatic heterocycles. The van der Waals surface area contributed by atoms with E-state index < -0.39 is 0 Å². The molecule has 0 bridgehead atoms. The fourth-order valence-electron chi connectivity index (χ4n) is 1.03. The van der Waals surface area contributed by atoms with Gasteiger partial charge in [0.15, 0.2) is 5.13 Å². The summed E-state index contributed by atoms with van der Waals surface area (Å²) in [5, 5.41) is 15.4. The normalized spacial score (nSPS) is 12.2. The van der Waals surface area contributed by atoms with Crippen molar-refractivity contribution in [1.29, 1.82) is 0 Å². The first-order valence-corrected chi connectivity index (χ1v) is 6.07. The van der Waals surface area contributed by atoms with Crippen molar-refractivity contribution in [1.82, 2.24) is 10.3 Å². The molecule has 0 saturated heterocycles. The molecular formula is C10H17N3O2S. The average Bonchev–Trinajstić information content (AvgIpc) is 2.74. The van der Waals surface area contributed by atoms with Gasteiger partial charge >= 0.3 is 0 Å². The first-order chi connectivity index (χ1) is 7.67. The van der Waals surface area contributed by atoms with Crippen LogP contribution in [0, 0.1) is 5.92 Å². The number of aromatic nitrogens is 1. The van der Waals surface area contributed by atoms with E-state index in [1.165, 1.54) is 11.3 Å². The lowest BCUT2D eigenvalue weighted by atomic mass is 10.2. The van der Waals surface area contributed by atoms with Crippen molar-refractivity contribution in [3.63, 3.8) is 0 Å². The molecule has 1 atom stereocenters. The summed E-state index contributed by atoms with van der Waals surface area (Å²) >= 11 is 1.33. The summed E-state index contributed by atoms with van der Waals surface area (Å²) in [6.45, 7) is 5.19. The van der Waals surface area contributed by atoms with Crippen LogP contribution >= 0.6 is 11.3 Å². The second-order valence-corrected chi connectivity index (χ2v) is 4.59. The highest BCUT2D eigenvalue weighted by Crippen LogP contribution is 2.17. The number of hydrogen-bond donors (Lipinski definition) is 3. The van der Waals surface area contributed by atoms with Crippen LogP contribution in [0.15, 0.2) is 6.20 Å². The first-order valence-electron chi connectivity index (χ1n) is 5.26. The summed E-state index contributed by atoms with van der Waals surface area (Å²) in [5.41, 5.74) is 0. The lowest BCUT2D eigenvalue weighted by molar-refractivity contribution is 0.0946. The number of aliphatic hydroxyl groups is 1. The molecule has 0 aliphatic rings. The van der Waals surface area contributed by atoms with Gasteiger partial charge in [-0.1, -0.05) is 18.3 Å². The molecule has 90 valence electrons. The number of nitrogens with zero attached hydrogens (tertiary/aromatic N) is 1. The van der Waals surface area contributed by atoms with E-state index in [0.717, 1.165) is 11.7 Å². The van der Waals surface area contributed by atoms with Gasteiger partial charge in [-0.15, -0.1) is 0 Å². The van der Waals surface area contributed by atoms with E-state index in [-0.39, 0.29) is 18.4 Å². The highest BCUT2D eigenvalue weighted by molar-refractivity contribution is 7.17. The van der Waals surface area contributed by atoms with Crippen molar-refractivity contribution >= 4 is 22.4 Å². The van der Waals surface area contributed by atoms with Crippen LogP contribution < -0.4 is 10.6 Å². The minimum atomic E-state index is -0.137. The number of carbonyl (C=O) groups excluding carboxylic acids is 1. The highest BCUT2D eigenvalue weighted by Gasteiger charge is 2.10. The Kier molecular flexibility index (Phi) is 5.21. The van der Waals surface area contributed by atoms with E-state index in [1.54, 1.807) is 6.20 Å².